The quantitative estimate of drug-likeness (QED) is 0.615. The zero-order valence-electron chi connectivity index (χ0n) is 20.7. The van der Waals surface area contributed by atoms with Crippen molar-refractivity contribution < 1.29 is 9.84 Å². The predicted molar refractivity (Wildman–Crippen MR) is 135 cm³/mol. The lowest BCUT2D eigenvalue weighted by molar-refractivity contribution is -0.0636. The van der Waals surface area contributed by atoms with Gasteiger partial charge < -0.3 is 9.84 Å². The van der Waals surface area contributed by atoms with Crippen LogP contribution in [0.25, 0.3) is 0 Å². The van der Waals surface area contributed by atoms with Crippen LogP contribution in [0.15, 0.2) is 60.7 Å². The molecule has 1 aliphatic carbocycles. The molecule has 3 atom stereocenters. The maximum absolute atomic E-state index is 10.7. The van der Waals surface area contributed by atoms with E-state index in [9.17, 15) is 5.11 Å². The average Bonchev–Trinajstić information content (AvgIpc) is 2.79. The molecule has 1 N–H and O–H groups in total. The molecule has 0 amide bonds. The summed E-state index contributed by atoms with van der Waals surface area (Å²) < 4.78 is 6.18. The van der Waals surface area contributed by atoms with Gasteiger partial charge in [0.2, 0.25) is 0 Å². The van der Waals surface area contributed by atoms with Gasteiger partial charge in [0, 0.05) is 32.7 Å². The first-order valence-electron chi connectivity index (χ1n) is 12.8. The summed E-state index contributed by atoms with van der Waals surface area (Å²) in [5, 5.41) is 10.7. The number of piperazine rings is 1. The molecule has 1 heterocycles. The SMILES string of the molecule is C[C@@H]1C[C@H](OC[C@@H](O)CN2CCN(C(c3ccccc3)c3ccccc3)CC2)CC(C)(C)C1. The van der Waals surface area contributed by atoms with Crippen molar-refractivity contribution in [2.75, 3.05) is 39.3 Å². The van der Waals surface area contributed by atoms with Crippen molar-refractivity contribution in [1.29, 1.82) is 0 Å². The molecule has 0 aromatic heterocycles. The molecule has 180 valence electrons. The molecular formula is C29H42N2O2. The molecule has 1 saturated heterocycles. The van der Waals surface area contributed by atoms with E-state index < -0.39 is 6.10 Å². The van der Waals surface area contributed by atoms with Crippen molar-refractivity contribution in [2.24, 2.45) is 11.3 Å². The average molecular weight is 451 g/mol. The number of aliphatic hydroxyl groups excluding tert-OH is 1. The Morgan fingerprint density at radius 2 is 1.48 bits per heavy atom. The minimum absolute atomic E-state index is 0.277. The molecule has 1 saturated carbocycles. The van der Waals surface area contributed by atoms with Crippen molar-refractivity contribution in [3.63, 3.8) is 0 Å². The number of hydrogen-bond donors (Lipinski definition) is 1. The largest absolute Gasteiger partial charge is 0.389 e. The molecule has 4 nitrogen and oxygen atoms in total. The van der Waals surface area contributed by atoms with E-state index in [1.807, 2.05) is 0 Å². The molecule has 2 aliphatic rings. The van der Waals surface area contributed by atoms with Gasteiger partial charge in [-0.25, -0.2) is 0 Å². The summed E-state index contributed by atoms with van der Waals surface area (Å²) in [4.78, 5) is 4.97. The van der Waals surface area contributed by atoms with E-state index in [1.165, 1.54) is 17.5 Å². The van der Waals surface area contributed by atoms with Crippen LogP contribution in [0.4, 0.5) is 0 Å². The maximum Gasteiger partial charge on any atom is 0.0900 e. The highest BCUT2D eigenvalue weighted by Gasteiger charge is 2.33. The number of β-amino-alcohol motifs (C(OH)–C–C–N with tert-alkyl or cyclic N) is 1. The Hall–Kier alpha value is -1.72. The Kier molecular flexibility index (Phi) is 8.24. The summed E-state index contributed by atoms with van der Waals surface area (Å²) in [5.74, 6) is 0.700. The van der Waals surface area contributed by atoms with Crippen molar-refractivity contribution in [2.45, 2.75) is 58.3 Å². The summed E-state index contributed by atoms with van der Waals surface area (Å²) in [7, 11) is 0. The van der Waals surface area contributed by atoms with Gasteiger partial charge in [-0.1, -0.05) is 81.4 Å². The third kappa shape index (κ3) is 6.89. The van der Waals surface area contributed by atoms with Crippen LogP contribution in [0.5, 0.6) is 0 Å². The van der Waals surface area contributed by atoms with E-state index >= 15 is 0 Å². The number of aliphatic hydroxyl groups is 1. The van der Waals surface area contributed by atoms with Crippen LogP contribution in [0.1, 0.15) is 57.2 Å². The summed E-state index contributed by atoms with van der Waals surface area (Å²) in [6.07, 6.45) is 3.36. The number of ether oxygens (including phenoxy) is 1. The molecule has 2 fully saturated rings. The Bertz CT molecular complexity index is 794. The predicted octanol–water partition coefficient (Wildman–Crippen LogP) is 4.99. The molecular weight excluding hydrogens is 408 g/mol. The van der Waals surface area contributed by atoms with Crippen LogP contribution in [-0.4, -0.2) is 66.4 Å². The number of rotatable bonds is 8. The molecule has 33 heavy (non-hydrogen) atoms. The van der Waals surface area contributed by atoms with E-state index in [1.54, 1.807) is 0 Å². The van der Waals surface area contributed by atoms with Gasteiger partial charge in [0.05, 0.1) is 24.9 Å². The van der Waals surface area contributed by atoms with Gasteiger partial charge in [-0.15, -0.1) is 0 Å². The summed E-state index contributed by atoms with van der Waals surface area (Å²) >= 11 is 0. The highest BCUT2D eigenvalue weighted by atomic mass is 16.5. The summed E-state index contributed by atoms with van der Waals surface area (Å²) in [5.41, 5.74) is 3.03. The molecule has 4 rings (SSSR count). The number of benzene rings is 2. The second-order valence-electron chi connectivity index (χ2n) is 11.1. The number of nitrogens with zero attached hydrogens (tertiary/aromatic N) is 2. The number of hydrogen-bond acceptors (Lipinski definition) is 4. The van der Waals surface area contributed by atoms with Gasteiger partial charge in [-0.2, -0.15) is 0 Å². The molecule has 0 bridgehead atoms. The molecule has 0 spiro atoms. The molecule has 4 heteroatoms. The highest BCUT2D eigenvalue weighted by Crippen LogP contribution is 2.39. The third-order valence-electron chi connectivity index (χ3n) is 7.34. The minimum atomic E-state index is -0.420. The fourth-order valence-electron chi connectivity index (χ4n) is 6.07. The lowest BCUT2D eigenvalue weighted by atomic mass is 9.71. The Labute approximate surface area is 200 Å². The molecule has 0 unspecified atom stereocenters. The van der Waals surface area contributed by atoms with Gasteiger partial charge in [0.25, 0.3) is 0 Å². The van der Waals surface area contributed by atoms with Crippen LogP contribution in [0.3, 0.4) is 0 Å². The van der Waals surface area contributed by atoms with Crippen molar-refractivity contribution in [1.82, 2.24) is 9.80 Å². The smallest absolute Gasteiger partial charge is 0.0900 e. The normalized spacial score (nSPS) is 25.2. The van der Waals surface area contributed by atoms with Crippen molar-refractivity contribution in [3.05, 3.63) is 71.8 Å². The highest BCUT2D eigenvalue weighted by molar-refractivity contribution is 5.31. The lowest BCUT2D eigenvalue weighted by Crippen LogP contribution is -2.50. The third-order valence-corrected chi connectivity index (χ3v) is 7.34. The standard InChI is InChI=1S/C29H42N2O2/c1-23-18-27(20-29(2,3)19-23)33-22-26(32)21-30-14-16-31(17-15-30)28(24-10-6-4-7-11-24)25-12-8-5-9-13-25/h4-13,23,26-28,32H,14-22H2,1-3H3/t23-,26+,27+/m1/s1. The van der Waals surface area contributed by atoms with Crippen LogP contribution < -0.4 is 0 Å². The Balaban J connectivity index is 1.28. The minimum Gasteiger partial charge on any atom is -0.389 e. The molecule has 2 aromatic carbocycles. The van der Waals surface area contributed by atoms with E-state index in [0.29, 0.717) is 24.5 Å². The van der Waals surface area contributed by atoms with Crippen LogP contribution >= 0.6 is 0 Å². The van der Waals surface area contributed by atoms with Gasteiger partial charge in [0.1, 0.15) is 0 Å². The molecule has 0 radical (unpaired) electrons. The Morgan fingerprint density at radius 1 is 0.909 bits per heavy atom. The molecule has 1 aliphatic heterocycles. The zero-order chi connectivity index (χ0) is 23.3. The van der Waals surface area contributed by atoms with Gasteiger partial charge >= 0.3 is 0 Å². The van der Waals surface area contributed by atoms with Gasteiger partial charge in [-0.05, 0) is 41.7 Å². The van der Waals surface area contributed by atoms with E-state index in [2.05, 4.69) is 91.2 Å². The first-order chi connectivity index (χ1) is 15.9. The second kappa shape index (κ2) is 11.1. The van der Waals surface area contributed by atoms with E-state index in [-0.39, 0.29) is 12.1 Å². The molecule has 2 aromatic rings. The van der Waals surface area contributed by atoms with Crippen molar-refractivity contribution in [3.8, 4) is 0 Å². The second-order valence-corrected chi connectivity index (χ2v) is 11.1. The summed E-state index contributed by atoms with van der Waals surface area (Å²) in [6.45, 7) is 12.1. The lowest BCUT2D eigenvalue weighted by Gasteiger charge is -2.41. The van der Waals surface area contributed by atoms with Crippen LogP contribution in [0, 0.1) is 11.3 Å². The van der Waals surface area contributed by atoms with Gasteiger partial charge in [0.15, 0.2) is 0 Å². The topological polar surface area (TPSA) is 35.9 Å². The van der Waals surface area contributed by atoms with Crippen LogP contribution in [-0.2, 0) is 4.74 Å². The van der Waals surface area contributed by atoms with E-state index in [4.69, 9.17) is 4.74 Å². The zero-order valence-corrected chi connectivity index (χ0v) is 20.7. The Morgan fingerprint density at radius 3 is 2.03 bits per heavy atom. The van der Waals surface area contributed by atoms with Crippen molar-refractivity contribution >= 4 is 0 Å². The van der Waals surface area contributed by atoms with E-state index in [0.717, 1.165) is 39.0 Å². The summed E-state index contributed by atoms with van der Waals surface area (Å²) in [6, 6.07) is 21.9. The fourth-order valence-corrected chi connectivity index (χ4v) is 6.07. The van der Waals surface area contributed by atoms with Gasteiger partial charge in [-0.3, -0.25) is 9.80 Å². The first kappa shape index (κ1) is 24.4. The first-order valence-corrected chi connectivity index (χ1v) is 12.8. The fraction of sp³-hybridized carbons (Fsp3) is 0.586. The van der Waals surface area contributed by atoms with Crippen LogP contribution in [0.2, 0.25) is 0 Å². The maximum atomic E-state index is 10.7. The monoisotopic (exact) mass is 450 g/mol.